The van der Waals surface area contributed by atoms with Crippen LogP contribution in [0.4, 0.5) is 0 Å². The largest absolute Gasteiger partial charge is 0.481 e. The van der Waals surface area contributed by atoms with Gasteiger partial charge in [-0.05, 0) is 25.2 Å². The molecule has 5 nitrogen and oxygen atoms in total. The second-order valence-corrected chi connectivity index (χ2v) is 5.15. The number of hydrogen-bond acceptors (Lipinski definition) is 4. The predicted octanol–water partition coefficient (Wildman–Crippen LogP) is 1.26. The molecular formula is C13H25NO4. The Kier molecular flexibility index (Phi) is 6.60. The van der Waals surface area contributed by atoms with E-state index in [-0.39, 0.29) is 6.54 Å². The highest BCUT2D eigenvalue weighted by molar-refractivity contribution is 5.75. The monoisotopic (exact) mass is 259 g/mol. The van der Waals surface area contributed by atoms with Gasteiger partial charge in [-0.3, -0.25) is 4.79 Å². The van der Waals surface area contributed by atoms with Gasteiger partial charge >= 0.3 is 5.97 Å². The van der Waals surface area contributed by atoms with E-state index in [1.807, 2.05) is 0 Å². The van der Waals surface area contributed by atoms with E-state index in [0.29, 0.717) is 32.2 Å². The Morgan fingerprint density at radius 2 is 2.11 bits per heavy atom. The summed E-state index contributed by atoms with van der Waals surface area (Å²) >= 11 is 0. The molecule has 0 aromatic heterocycles. The molecule has 0 saturated heterocycles. The molecule has 1 saturated carbocycles. The van der Waals surface area contributed by atoms with Gasteiger partial charge in [0.2, 0.25) is 0 Å². The molecular weight excluding hydrogens is 234 g/mol. The Hall–Kier alpha value is -0.650. The zero-order chi connectivity index (χ0) is 13.4. The van der Waals surface area contributed by atoms with Crippen LogP contribution in [0.15, 0.2) is 0 Å². The third-order valence-electron chi connectivity index (χ3n) is 3.60. The first-order chi connectivity index (χ1) is 8.64. The number of aliphatic carboxylic acids is 1. The van der Waals surface area contributed by atoms with Gasteiger partial charge in [0.1, 0.15) is 0 Å². The van der Waals surface area contributed by atoms with Crippen molar-refractivity contribution >= 4 is 5.97 Å². The average Bonchev–Trinajstić information content (AvgIpc) is 3.15. The summed E-state index contributed by atoms with van der Waals surface area (Å²) in [6, 6.07) is 0. The van der Waals surface area contributed by atoms with Crippen LogP contribution in [0.5, 0.6) is 0 Å². The summed E-state index contributed by atoms with van der Waals surface area (Å²) in [5.74, 6) is -0.187. The molecule has 0 radical (unpaired) electrons. The van der Waals surface area contributed by atoms with Gasteiger partial charge in [-0.2, -0.15) is 0 Å². The van der Waals surface area contributed by atoms with Crippen molar-refractivity contribution in [3.05, 3.63) is 0 Å². The first-order valence-corrected chi connectivity index (χ1v) is 6.65. The molecule has 1 aliphatic carbocycles. The number of carbonyl (C=O) groups is 1. The van der Waals surface area contributed by atoms with E-state index < -0.39 is 11.4 Å². The smallest absolute Gasteiger partial charge is 0.310 e. The minimum atomic E-state index is -0.756. The maximum Gasteiger partial charge on any atom is 0.310 e. The van der Waals surface area contributed by atoms with Crippen molar-refractivity contribution in [2.24, 2.45) is 17.1 Å². The molecule has 0 aromatic carbocycles. The van der Waals surface area contributed by atoms with Gasteiger partial charge in [-0.15, -0.1) is 0 Å². The van der Waals surface area contributed by atoms with Crippen LogP contribution >= 0.6 is 0 Å². The standard InChI is InChI=1S/C13H25NO4/c1-17-7-8-18-6-2-5-13(10-14,12(15)16)9-11-3-4-11/h11H,2-10,14H2,1H3,(H,15,16). The maximum absolute atomic E-state index is 11.4. The fourth-order valence-corrected chi connectivity index (χ4v) is 2.20. The van der Waals surface area contributed by atoms with Crippen LogP contribution in [0, 0.1) is 11.3 Å². The summed E-state index contributed by atoms with van der Waals surface area (Å²) in [6.45, 7) is 1.92. The summed E-state index contributed by atoms with van der Waals surface area (Å²) in [5, 5.41) is 9.40. The van der Waals surface area contributed by atoms with Gasteiger partial charge in [-0.25, -0.2) is 0 Å². The lowest BCUT2D eigenvalue weighted by Crippen LogP contribution is -2.39. The van der Waals surface area contributed by atoms with Gasteiger partial charge in [0.05, 0.1) is 18.6 Å². The molecule has 106 valence electrons. The first kappa shape index (κ1) is 15.4. The van der Waals surface area contributed by atoms with Crippen LogP contribution in [-0.2, 0) is 14.3 Å². The highest BCUT2D eigenvalue weighted by Crippen LogP contribution is 2.42. The number of carboxylic acid groups (broad SMARTS) is 1. The molecule has 1 unspecified atom stereocenters. The molecule has 18 heavy (non-hydrogen) atoms. The van der Waals surface area contributed by atoms with Crippen molar-refractivity contribution < 1.29 is 19.4 Å². The average molecular weight is 259 g/mol. The second-order valence-electron chi connectivity index (χ2n) is 5.15. The normalized spacial score (nSPS) is 18.6. The summed E-state index contributed by atoms with van der Waals surface area (Å²) in [5.41, 5.74) is 4.96. The summed E-state index contributed by atoms with van der Waals surface area (Å²) in [4.78, 5) is 11.4. The SMILES string of the molecule is COCCOCCCC(CN)(CC1CC1)C(=O)O. The minimum absolute atomic E-state index is 0.219. The number of methoxy groups -OCH3 is 1. The number of rotatable bonds is 11. The van der Waals surface area contributed by atoms with Gasteiger partial charge in [0.25, 0.3) is 0 Å². The van der Waals surface area contributed by atoms with Crippen LogP contribution < -0.4 is 5.73 Å². The van der Waals surface area contributed by atoms with Crippen LogP contribution in [0.2, 0.25) is 0 Å². The van der Waals surface area contributed by atoms with Crippen molar-refractivity contribution in [2.45, 2.75) is 32.1 Å². The van der Waals surface area contributed by atoms with Crippen LogP contribution in [-0.4, -0.2) is 44.6 Å². The van der Waals surface area contributed by atoms with E-state index in [9.17, 15) is 9.90 Å². The van der Waals surface area contributed by atoms with E-state index in [1.165, 1.54) is 0 Å². The van der Waals surface area contributed by atoms with Crippen LogP contribution in [0.1, 0.15) is 32.1 Å². The van der Waals surface area contributed by atoms with E-state index in [1.54, 1.807) is 7.11 Å². The summed E-state index contributed by atoms with van der Waals surface area (Å²) < 4.78 is 10.2. The molecule has 3 N–H and O–H groups in total. The fourth-order valence-electron chi connectivity index (χ4n) is 2.20. The highest BCUT2D eigenvalue weighted by atomic mass is 16.5. The van der Waals surface area contributed by atoms with Gasteiger partial charge < -0.3 is 20.3 Å². The van der Waals surface area contributed by atoms with Crippen molar-refractivity contribution in [3.8, 4) is 0 Å². The number of nitrogens with two attached hydrogens (primary N) is 1. The third kappa shape index (κ3) is 4.92. The molecule has 0 amide bonds. The molecule has 1 atom stereocenters. The maximum atomic E-state index is 11.4. The van der Waals surface area contributed by atoms with Crippen molar-refractivity contribution in [1.29, 1.82) is 0 Å². The topological polar surface area (TPSA) is 81.8 Å². The highest BCUT2D eigenvalue weighted by Gasteiger charge is 2.41. The van der Waals surface area contributed by atoms with Gasteiger partial charge in [-0.1, -0.05) is 12.8 Å². The zero-order valence-corrected chi connectivity index (χ0v) is 11.2. The number of hydrogen-bond donors (Lipinski definition) is 2. The number of carboxylic acids is 1. The lowest BCUT2D eigenvalue weighted by atomic mass is 9.78. The molecule has 1 fully saturated rings. The molecule has 0 aliphatic heterocycles. The van der Waals surface area contributed by atoms with Crippen LogP contribution in [0.25, 0.3) is 0 Å². The van der Waals surface area contributed by atoms with Crippen molar-refractivity contribution in [2.75, 3.05) is 33.5 Å². The second kappa shape index (κ2) is 7.71. The molecule has 5 heteroatoms. The molecule has 0 spiro atoms. The zero-order valence-electron chi connectivity index (χ0n) is 11.2. The lowest BCUT2D eigenvalue weighted by molar-refractivity contribution is -0.149. The predicted molar refractivity (Wildman–Crippen MR) is 68.4 cm³/mol. The van der Waals surface area contributed by atoms with E-state index in [0.717, 1.165) is 25.7 Å². The molecule has 1 rings (SSSR count). The Bertz CT molecular complexity index is 255. The Morgan fingerprint density at radius 3 is 2.61 bits per heavy atom. The molecule has 0 bridgehead atoms. The van der Waals surface area contributed by atoms with E-state index in [2.05, 4.69) is 0 Å². The third-order valence-corrected chi connectivity index (χ3v) is 3.60. The van der Waals surface area contributed by atoms with Crippen molar-refractivity contribution in [1.82, 2.24) is 0 Å². The fraction of sp³-hybridized carbons (Fsp3) is 0.923. The lowest BCUT2D eigenvalue weighted by Gasteiger charge is -2.28. The summed E-state index contributed by atoms with van der Waals surface area (Å²) in [7, 11) is 1.63. The van der Waals surface area contributed by atoms with Crippen molar-refractivity contribution in [3.63, 3.8) is 0 Å². The summed E-state index contributed by atoms with van der Waals surface area (Å²) in [6.07, 6.45) is 4.36. The van der Waals surface area contributed by atoms with Gasteiger partial charge in [0.15, 0.2) is 0 Å². The Labute approximate surface area is 109 Å². The Balaban J connectivity index is 2.29. The molecule has 1 aliphatic rings. The first-order valence-electron chi connectivity index (χ1n) is 6.65. The van der Waals surface area contributed by atoms with E-state index >= 15 is 0 Å². The molecule has 0 heterocycles. The van der Waals surface area contributed by atoms with Crippen LogP contribution in [0.3, 0.4) is 0 Å². The van der Waals surface area contributed by atoms with Gasteiger partial charge in [0, 0.05) is 20.3 Å². The Morgan fingerprint density at radius 1 is 1.39 bits per heavy atom. The van der Waals surface area contributed by atoms with E-state index in [4.69, 9.17) is 15.2 Å². The molecule has 0 aromatic rings. The minimum Gasteiger partial charge on any atom is -0.481 e. The number of ether oxygens (including phenoxy) is 2. The quantitative estimate of drug-likeness (QED) is 0.546.